The number of benzene rings is 1. The lowest BCUT2D eigenvalue weighted by molar-refractivity contribution is -0.136. The van der Waals surface area contributed by atoms with Gasteiger partial charge in [0.2, 0.25) is 0 Å². The highest BCUT2D eigenvalue weighted by molar-refractivity contribution is 7.11. The van der Waals surface area contributed by atoms with Gasteiger partial charge < -0.3 is 9.47 Å². The number of para-hydroxylation sites is 1. The van der Waals surface area contributed by atoms with E-state index in [1.54, 1.807) is 22.8 Å². The van der Waals surface area contributed by atoms with Crippen molar-refractivity contribution < 1.29 is 14.3 Å². The minimum Gasteiger partial charge on any atom is -0.493 e. The molecule has 31 heavy (non-hydrogen) atoms. The number of thiophene rings is 1. The summed E-state index contributed by atoms with van der Waals surface area (Å²) in [5.41, 5.74) is 1.41. The number of nitrogens with zero attached hydrogens (tertiary/aromatic N) is 2. The standard InChI is InChI=1S/C23H22N2O4S2/c1-4-11-29-17-10-6-5-9-16(17)20-19(22(27)28-3)14(2)24-23-25(20)21(26)18(31-23)13-15-8-7-12-30-15/h5-10,12-13,20H,4,11H2,1-3H3/b18-13-. The quantitative estimate of drug-likeness (QED) is 0.536. The molecule has 4 rings (SSSR count). The Hall–Kier alpha value is -2.97. The van der Waals surface area contributed by atoms with Gasteiger partial charge in [0.25, 0.3) is 5.56 Å². The van der Waals surface area contributed by atoms with Crippen molar-refractivity contribution in [3.05, 3.63) is 83.2 Å². The van der Waals surface area contributed by atoms with Crippen LogP contribution in [0, 0.1) is 0 Å². The fourth-order valence-electron chi connectivity index (χ4n) is 3.54. The summed E-state index contributed by atoms with van der Waals surface area (Å²) in [6.07, 6.45) is 2.71. The molecular weight excluding hydrogens is 432 g/mol. The zero-order valence-electron chi connectivity index (χ0n) is 17.5. The third kappa shape index (κ3) is 4.00. The van der Waals surface area contributed by atoms with Crippen LogP contribution in [0.3, 0.4) is 0 Å². The Balaban J connectivity index is 1.98. The van der Waals surface area contributed by atoms with Gasteiger partial charge in [0, 0.05) is 10.4 Å². The second-order valence-corrected chi connectivity index (χ2v) is 8.96. The maximum absolute atomic E-state index is 13.5. The van der Waals surface area contributed by atoms with E-state index in [4.69, 9.17) is 9.47 Å². The molecule has 1 unspecified atom stereocenters. The number of rotatable bonds is 6. The summed E-state index contributed by atoms with van der Waals surface area (Å²) in [5.74, 6) is 0.127. The lowest BCUT2D eigenvalue weighted by atomic mass is 9.95. The lowest BCUT2D eigenvalue weighted by Gasteiger charge is -2.26. The molecular formula is C23H22N2O4S2. The molecule has 0 saturated carbocycles. The number of aromatic nitrogens is 1. The Labute approximate surface area is 187 Å². The zero-order valence-corrected chi connectivity index (χ0v) is 19.1. The number of carbonyl (C=O) groups excluding carboxylic acids is 1. The number of carbonyl (C=O) groups is 1. The summed E-state index contributed by atoms with van der Waals surface area (Å²) < 4.78 is 13.2. The van der Waals surface area contributed by atoms with E-state index >= 15 is 0 Å². The highest BCUT2D eigenvalue weighted by Crippen LogP contribution is 2.35. The minimum atomic E-state index is -0.678. The molecule has 1 atom stereocenters. The molecule has 0 aliphatic carbocycles. The van der Waals surface area contributed by atoms with Crippen molar-refractivity contribution in [2.24, 2.45) is 4.99 Å². The van der Waals surface area contributed by atoms with Crippen LogP contribution in [0.4, 0.5) is 0 Å². The second-order valence-electron chi connectivity index (χ2n) is 6.98. The number of hydrogen-bond acceptors (Lipinski definition) is 7. The maximum atomic E-state index is 13.5. The Kier molecular flexibility index (Phi) is 6.20. The van der Waals surface area contributed by atoms with Crippen LogP contribution in [0.2, 0.25) is 0 Å². The molecule has 3 aromatic rings. The van der Waals surface area contributed by atoms with Crippen LogP contribution in [0.25, 0.3) is 6.08 Å². The van der Waals surface area contributed by atoms with E-state index < -0.39 is 12.0 Å². The largest absolute Gasteiger partial charge is 0.493 e. The van der Waals surface area contributed by atoms with E-state index in [9.17, 15) is 9.59 Å². The first-order valence-corrected chi connectivity index (χ1v) is 11.6. The zero-order chi connectivity index (χ0) is 22.0. The maximum Gasteiger partial charge on any atom is 0.338 e. The first kappa shape index (κ1) is 21.3. The molecule has 160 valence electrons. The van der Waals surface area contributed by atoms with Gasteiger partial charge in [0.05, 0.1) is 29.5 Å². The number of fused-ring (bicyclic) bond motifs is 1. The fourth-order valence-corrected chi connectivity index (χ4v) is 5.31. The van der Waals surface area contributed by atoms with Gasteiger partial charge in [-0.25, -0.2) is 9.79 Å². The molecule has 1 aliphatic rings. The van der Waals surface area contributed by atoms with Gasteiger partial charge >= 0.3 is 5.97 Å². The third-order valence-corrected chi connectivity index (χ3v) is 6.72. The fraction of sp³-hybridized carbons (Fsp3) is 0.261. The van der Waals surface area contributed by atoms with Crippen molar-refractivity contribution in [3.8, 4) is 5.75 Å². The predicted molar refractivity (Wildman–Crippen MR) is 122 cm³/mol. The van der Waals surface area contributed by atoms with Crippen LogP contribution < -0.4 is 19.6 Å². The SMILES string of the molecule is CCCOc1ccccc1C1C(C(=O)OC)=C(C)N=c2s/c(=C\c3cccs3)c(=O)n21. The predicted octanol–water partition coefficient (Wildman–Crippen LogP) is 3.26. The van der Waals surface area contributed by atoms with Crippen LogP contribution in [-0.2, 0) is 9.53 Å². The van der Waals surface area contributed by atoms with Crippen LogP contribution in [0.5, 0.6) is 5.75 Å². The minimum absolute atomic E-state index is 0.193. The van der Waals surface area contributed by atoms with E-state index in [0.717, 1.165) is 16.9 Å². The third-order valence-electron chi connectivity index (χ3n) is 4.92. The van der Waals surface area contributed by atoms with Crippen LogP contribution in [0.1, 0.15) is 36.8 Å². The van der Waals surface area contributed by atoms with E-state index in [-0.39, 0.29) is 5.56 Å². The Morgan fingerprint density at radius 1 is 1.26 bits per heavy atom. The Bertz CT molecular complexity index is 1320. The molecule has 0 spiro atoms. The van der Waals surface area contributed by atoms with Gasteiger partial charge in [0.1, 0.15) is 11.8 Å². The summed E-state index contributed by atoms with van der Waals surface area (Å²) in [5, 5.41) is 1.96. The molecule has 3 heterocycles. The monoisotopic (exact) mass is 454 g/mol. The molecule has 0 N–H and O–H groups in total. The molecule has 0 fully saturated rings. The van der Waals surface area contributed by atoms with Gasteiger partial charge in [-0.2, -0.15) is 0 Å². The number of thiazole rings is 1. The second kappa shape index (κ2) is 9.03. The van der Waals surface area contributed by atoms with Gasteiger partial charge in [0.15, 0.2) is 4.80 Å². The molecule has 6 nitrogen and oxygen atoms in total. The summed E-state index contributed by atoms with van der Waals surface area (Å²) in [7, 11) is 1.33. The number of ether oxygens (including phenoxy) is 2. The molecule has 1 aliphatic heterocycles. The van der Waals surface area contributed by atoms with E-state index in [2.05, 4.69) is 4.99 Å². The van der Waals surface area contributed by atoms with E-state index in [1.807, 2.05) is 54.8 Å². The highest BCUT2D eigenvalue weighted by atomic mass is 32.1. The first-order valence-electron chi connectivity index (χ1n) is 9.91. The lowest BCUT2D eigenvalue weighted by Crippen LogP contribution is -2.40. The number of methoxy groups -OCH3 is 1. The molecule has 1 aromatic carbocycles. The van der Waals surface area contributed by atoms with Crippen molar-refractivity contribution in [1.82, 2.24) is 4.57 Å². The number of allylic oxidation sites excluding steroid dienone is 1. The van der Waals surface area contributed by atoms with E-state index in [0.29, 0.717) is 33.0 Å². The van der Waals surface area contributed by atoms with Crippen molar-refractivity contribution in [2.45, 2.75) is 26.3 Å². The van der Waals surface area contributed by atoms with Crippen LogP contribution in [-0.4, -0.2) is 24.3 Å². The van der Waals surface area contributed by atoms with Gasteiger partial charge in [-0.05, 0) is 36.9 Å². The molecule has 0 radical (unpaired) electrons. The van der Waals surface area contributed by atoms with Gasteiger partial charge in [-0.3, -0.25) is 9.36 Å². The van der Waals surface area contributed by atoms with Gasteiger partial charge in [-0.15, -0.1) is 11.3 Å². The van der Waals surface area contributed by atoms with E-state index in [1.165, 1.54) is 18.4 Å². The van der Waals surface area contributed by atoms with Crippen molar-refractivity contribution in [1.29, 1.82) is 0 Å². The summed E-state index contributed by atoms with van der Waals surface area (Å²) in [4.78, 5) is 32.4. The summed E-state index contributed by atoms with van der Waals surface area (Å²) in [6.45, 7) is 4.33. The average Bonchev–Trinajstić information content (AvgIpc) is 3.39. The smallest absolute Gasteiger partial charge is 0.338 e. The summed E-state index contributed by atoms with van der Waals surface area (Å²) >= 11 is 2.87. The Morgan fingerprint density at radius 2 is 2.06 bits per heavy atom. The topological polar surface area (TPSA) is 69.9 Å². The summed E-state index contributed by atoms with van der Waals surface area (Å²) in [6, 6.07) is 10.7. The molecule has 2 aromatic heterocycles. The molecule has 8 heteroatoms. The average molecular weight is 455 g/mol. The molecule has 0 bridgehead atoms. The first-order chi connectivity index (χ1) is 15.0. The number of esters is 1. The van der Waals surface area contributed by atoms with Crippen LogP contribution in [0.15, 0.2) is 62.8 Å². The van der Waals surface area contributed by atoms with Crippen molar-refractivity contribution in [3.63, 3.8) is 0 Å². The van der Waals surface area contributed by atoms with Crippen molar-refractivity contribution in [2.75, 3.05) is 13.7 Å². The Morgan fingerprint density at radius 3 is 2.77 bits per heavy atom. The molecule has 0 amide bonds. The molecule has 0 saturated heterocycles. The van der Waals surface area contributed by atoms with Crippen molar-refractivity contribution >= 4 is 34.7 Å². The normalized spacial score (nSPS) is 16.1. The highest BCUT2D eigenvalue weighted by Gasteiger charge is 2.34. The number of hydrogen-bond donors (Lipinski definition) is 0. The van der Waals surface area contributed by atoms with Crippen LogP contribution >= 0.6 is 22.7 Å². The van der Waals surface area contributed by atoms with Gasteiger partial charge in [-0.1, -0.05) is 42.5 Å².